The van der Waals surface area contributed by atoms with Crippen LogP contribution in [0.15, 0.2) is 18.2 Å². The second kappa shape index (κ2) is 6.20. The zero-order chi connectivity index (χ0) is 13.7. The third-order valence-electron chi connectivity index (χ3n) is 3.22. The molecular formula is C12H20N4O2. The number of hydrogen-bond donors (Lipinski definition) is 2. The first-order chi connectivity index (χ1) is 8.56. The van der Waals surface area contributed by atoms with Gasteiger partial charge in [-0.2, -0.15) is 0 Å². The smallest absolute Gasteiger partial charge is 0.316 e. The average molecular weight is 252 g/mol. The van der Waals surface area contributed by atoms with E-state index in [4.69, 9.17) is 5.84 Å². The highest BCUT2D eigenvalue weighted by molar-refractivity contribution is 5.76. The molecule has 0 heterocycles. The summed E-state index contributed by atoms with van der Waals surface area (Å²) in [6.45, 7) is 4.14. The van der Waals surface area contributed by atoms with E-state index in [2.05, 4.69) is 19.3 Å². The molecule has 0 fully saturated rings. The highest BCUT2D eigenvalue weighted by Gasteiger charge is 2.24. The SMILES string of the molecule is CCC(CC)N(C)c1cccc(NN)c1[N+](=O)[O-]. The van der Waals surface area contributed by atoms with Crippen LogP contribution < -0.4 is 16.2 Å². The molecule has 3 N–H and O–H groups in total. The van der Waals surface area contributed by atoms with Crippen molar-refractivity contribution < 1.29 is 4.92 Å². The Bertz CT molecular complexity index is 419. The van der Waals surface area contributed by atoms with Gasteiger partial charge >= 0.3 is 5.69 Å². The number of rotatable bonds is 6. The lowest BCUT2D eigenvalue weighted by Gasteiger charge is -2.28. The van der Waals surface area contributed by atoms with Gasteiger partial charge in [-0.05, 0) is 25.0 Å². The van der Waals surface area contributed by atoms with E-state index in [-0.39, 0.29) is 11.7 Å². The Morgan fingerprint density at radius 3 is 2.50 bits per heavy atom. The number of nitrogens with one attached hydrogen (secondary N) is 1. The normalized spacial score (nSPS) is 10.5. The fourth-order valence-electron chi connectivity index (χ4n) is 2.16. The van der Waals surface area contributed by atoms with Crippen LogP contribution in [0.1, 0.15) is 26.7 Å². The molecule has 0 aromatic heterocycles. The number of nitrogens with zero attached hydrogens (tertiary/aromatic N) is 2. The third kappa shape index (κ3) is 2.70. The minimum Gasteiger partial charge on any atom is -0.366 e. The Morgan fingerprint density at radius 2 is 2.06 bits per heavy atom. The molecule has 0 unspecified atom stereocenters. The largest absolute Gasteiger partial charge is 0.366 e. The summed E-state index contributed by atoms with van der Waals surface area (Å²) in [6.07, 6.45) is 1.87. The van der Waals surface area contributed by atoms with Crippen molar-refractivity contribution in [1.82, 2.24) is 0 Å². The molecule has 0 saturated carbocycles. The van der Waals surface area contributed by atoms with E-state index in [0.29, 0.717) is 11.4 Å². The molecule has 0 aliphatic heterocycles. The summed E-state index contributed by atoms with van der Waals surface area (Å²) < 4.78 is 0. The molecular weight excluding hydrogens is 232 g/mol. The number of nitrogens with two attached hydrogens (primary N) is 1. The molecule has 100 valence electrons. The molecule has 1 aromatic rings. The fourth-order valence-corrected chi connectivity index (χ4v) is 2.16. The minimum atomic E-state index is -0.399. The molecule has 0 saturated heterocycles. The van der Waals surface area contributed by atoms with E-state index in [1.165, 1.54) is 0 Å². The minimum absolute atomic E-state index is 0.0226. The summed E-state index contributed by atoms with van der Waals surface area (Å²) in [5.74, 6) is 5.33. The number of nitro groups is 1. The van der Waals surface area contributed by atoms with Gasteiger partial charge in [-0.15, -0.1) is 0 Å². The maximum absolute atomic E-state index is 11.2. The highest BCUT2D eigenvalue weighted by atomic mass is 16.6. The molecule has 0 aliphatic rings. The molecule has 0 atom stereocenters. The average Bonchev–Trinajstić information content (AvgIpc) is 2.38. The number of benzene rings is 1. The van der Waals surface area contributed by atoms with Crippen molar-refractivity contribution in [3.05, 3.63) is 28.3 Å². The first-order valence-electron chi connectivity index (χ1n) is 6.03. The van der Waals surface area contributed by atoms with E-state index >= 15 is 0 Å². The van der Waals surface area contributed by atoms with Crippen molar-refractivity contribution in [2.75, 3.05) is 17.4 Å². The number of nitro benzene ring substituents is 1. The molecule has 0 bridgehead atoms. The number of nitrogen functional groups attached to an aromatic ring is 1. The quantitative estimate of drug-likeness (QED) is 0.461. The van der Waals surface area contributed by atoms with Gasteiger partial charge < -0.3 is 10.3 Å². The highest BCUT2D eigenvalue weighted by Crippen LogP contribution is 2.35. The predicted molar refractivity (Wildman–Crippen MR) is 73.7 cm³/mol. The van der Waals surface area contributed by atoms with Crippen molar-refractivity contribution in [2.24, 2.45) is 5.84 Å². The first-order valence-corrected chi connectivity index (χ1v) is 6.03. The molecule has 0 spiro atoms. The van der Waals surface area contributed by atoms with Crippen molar-refractivity contribution >= 4 is 17.1 Å². The van der Waals surface area contributed by atoms with Crippen LogP contribution >= 0.6 is 0 Å². The standard InChI is InChI=1S/C12H20N4O2/c1-4-9(5-2)15(3)11-8-6-7-10(14-13)12(11)16(17)18/h6-9,14H,4-5,13H2,1-3H3. The van der Waals surface area contributed by atoms with E-state index < -0.39 is 4.92 Å². The monoisotopic (exact) mass is 252 g/mol. The summed E-state index contributed by atoms with van der Waals surface area (Å²) in [4.78, 5) is 12.7. The summed E-state index contributed by atoms with van der Waals surface area (Å²) in [6, 6.07) is 5.38. The van der Waals surface area contributed by atoms with Gasteiger partial charge in [-0.3, -0.25) is 16.0 Å². The number of hydrazine groups is 1. The second-order valence-corrected chi connectivity index (χ2v) is 4.16. The Hall–Kier alpha value is -1.82. The van der Waals surface area contributed by atoms with E-state index in [0.717, 1.165) is 12.8 Å². The van der Waals surface area contributed by atoms with E-state index in [1.54, 1.807) is 18.2 Å². The van der Waals surface area contributed by atoms with Crippen LogP contribution in [0.2, 0.25) is 0 Å². The van der Waals surface area contributed by atoms with Crippen molar-refractivity contribution in [3.8, 4) is 0 Å². The van der Waals surface area contributed by atoms with Crippen LogP contribution in [-0.4, -0.2) is 18.0 Å². The molecule has 1 rings (SSSR count). The second-order valence-electron chi connectivity index (χ2n) is 4.16. The van der Waals surface area contributed by atoms with Gasteiger partial charge in [-0.25, -0.2) is 0 Å². The molecule has 6 nitrogen and oxygen atoms in total. The maximum Gasteiger partial charge on any atom is 0.316 e. The van der Waals surface area contributed by atoms with Gasteiger partial charge in [0, 0.05) is 13.1 Å². The Morgan fingerprint density at radius 1 is 1.44 bits per heavy atom. The van der Waals surface area contributed by atoms with Gasteiger partial charge in [0.25, 0.3) is 0 Å². The van der Waals surface area contributed by atoms with Gasteiger partial charge in [0.15, 0.2) is 0 Å². The topological polar surface area (TPSA) is 84.4 Å². The Balaban J connectivity index is 3.26. The molecule has 6 heteroatoms. The summed E-state index contributed by atoms with van der Waals surface area (Å²) in [7, 11) is 1.88. The van der Waals surface area contributed by atoms with Crippen molar-refractivity contribution in [1.29, 1.82) is 0 Å². The fraction of sp³-hybridized carbons (Fsp3) is 0.500. The molecule has 0 aliphatic carbocycles. The van der Waals surface area contributed by atoms with Crippen LogP contribution in [0, 0.1) is 10.1 Å². The zero-order valence-electron chi connectivity index (χ0n) is 11.0. The first kappa shape index (κ1) is 14.2. The summed E-state index contributed by atoms with van der Waals surface area (Å²) >= 11 is 0. The van der Waals surface area contributed by atoms with Crippen LogP contribution in [0.4, 0.5) is 17.1 Å². The number of para-hydroxylation sites is 1. The van der Waals surface area contributed by atoms with Gasteiger partial charge in [0.2, 0.25) is 0 Å². The maximum atomic E-state index is 11.2. The van der Waals surface area contributed by atoms with E-state index in [1.807, 2.05) is 11.9 Å². The summed E-state index contributed by atoms with van der Waals surface area (Å²) in [5.41, 5.74) is 3.32. The lowest BCUT2D eigenvalue weighted by molar-refractivity contribution is -0.383. The van der Waals surface area contributed by atoms with Gasteiger partial charge in [0.1, 0.15) is 11.4 Å². The molecule has 18 heavy (non-hydrogen) atoms. The Labute approximate surface area is 107 Å². The van der Waals surface area contributed by atoms with Gasteiger partial charge in [-0.1, -0.05) is 19.9 Å². The zero-order valence-corrected chi connectivity index (χ0v) is 11.0. The van der Waals surface area contributed by atoms with Crippen LogP contribution in [0.3, 0.4) is 0 Å². The van der Waals surface area contributed by atoms with Crippen LogP contribution in [0.25, 0.3) is 0 Å². The number of anilines is 2. The lowest BCUT2D eigenvalue weighted by atomic mass is 10.1. The van der Waals surface area contributed by atoms with Crippen molar-refractivity contribution in [2.45, 2.75) is 32.7 Å². The van der Waals surface area contributed by atoms with Gasteiger partial charge in [0.05, 0.1) is 4.92 Å². The van der Waals surface area contributed by atoms with Crippen LogP contribution in [-0.2, 0) is 0 Å². The van der Waals surface area contributed by atoms with E-state index in [9.17, 15) is 10.1 Å². The van der Waals surface area contributed by atoms with Crippen LogP contribution in [0.5, 0.6) is 0 Å². The summed E-state index contributed by atoms with van der Waals surface area (Å²) in [5, 5.41) is 11.2. The molecule has 1 aromatic carbocycles. The number of hydrogen-bond acceptors (Lipinski definition) is 5. The third-order valence-corrected chi connectivity index (χ3v) is 3.22. The molecule has 0 radical (unpaired) electrons. The predicted octanol–water partition coefficient (Wildman–Crippen LogP) is 2.51. The molecule has 0 amide bonds. The lowest BCUT2D eigenvalue weighted by Crippen LogP contribution is -2.31. The Kier molecular flexibility index (Phi) is 4.91. The van der Waals surface area contributed by atoms with Crippen molar-refractivity contribution in [3.63, 3.8) is 0 Å².